The summed E-state index contributed by atoms with van der Waals surface area (Å²) in [5.41, 5.74) is -0.308. The predicted octanol–water partition coefficient (Wildman–Crippen LogP) is 1.82. The molecule has 3 atom stereocenters. The fraction of sp³-hybridized carbons (Fsp3) is 0.923. The quantitative estimate of drug-likeness (QED) is 0.765. The average molecular weight is 224 g/mol. The van der Waals surface area contributed by atoms with Gasteiger partial charge in [-0.1, -0.05) is 13.3 Å². The Hall–Kier alpha value is -0.570. The van der Waals surface area contributed by atoms with Crippen LogP contribution in [0.2, 0.25) is 0 Å². The van der Waals surface area contributed by atoms with Crippen molar-refractivity contribution in [3.63, 3.8) is 0 Å². The fourth-order valence-corrected chi connectivity index (χ4v) is 2.69. The number of piperidine rings is 1. The molecule has 1 aliphatic carbocycles. The van der Waals surface area contributed by atoms with Crippen molar-refractivity contribution in [3.05, 3.63) is 0 Å². The van der Waals surface area contributed by atoms with E-state index in [2.05, 4.69) is 17.6 Å². The van der Waals surface area contributed by atoms with E-state index in [0.29, 0.717) is 6.04 Å². The zero-order valence-corrected chi connectivity index (χ0v) is 10.5. The highest BCUT2D eigenvalue weighted by Crippen LogP contribution is 2.35. The summed E-state index contributed by atoms with van der Waals surface area (Å²) in [6.07, 6.45) is 7.02. The van der Waals surface area contributed by atoms with Crippen LogP contribution >= 0.6 is 0 Å². The molecule has 0 aromatic carbocycles. The van der Waals surface area contributed by atoms with Crippen LogP contribution in [0.25, 0.3) is 0 Å². The van der Waals surface area contributed by atoms with E-state index in [1.165, 1.54) is 32.1 Å². The second-order valence-corrected chi connectivity index (χ2v) is 5.58. The highest BCUT2D eigenvalue weighted by atomic mass is 16.2. The first kappa shape index (κ1) is 11.9. The maximum absolute atomic E-state index is 12.1. The Morgan fingerprint density at radius 1 is 1.50 bits per heavy atom. The van der Waals surface area contributed by atoms with Crippen molar-refractivity contribution in [2.45, 2.75) is 64.0 Å². The number of rotatable bonds is 4. The first-order chi connectivity index (χ1) is 7.65. The van der Waals surface area contributed by atoms with E-state index in [9.17, 15) is 4.79 Å². The SMILES string of the molecule is CCCC1CC1NC(=O)C1(C)CCCCN1. The Kier molecular flexibility index (Phi) is 3.53. The lowest BCUT2D eigenvalue weighted by atomic mass is 9.90. The number of amides is 1. The minimum atomic E-state index is -0.308. The Morgan fingerprint density at radius 2 is 2.31 bits per heavy atom. The number of hydrogen-bond acceptors (Lipinski definition) is 2. The van der Waals surface area contributed by atoms with Crippen molar-refractivity contribution in [1.29, 1.82) is 0 Å². The molecule has 92 valence electrons. The van der Waals surface area contributed by atoms with E-state index in [4.69, 9.17) is 0 Å². The van der Waals surface area contributed by atoms with Crippen LogP contribution in [0.4, 0.5) is 0 Å². The van der Waals surface area contributed by atoms with Gasteiger partial charge in [-0.2, -0.15) is 0 Å². The van der Waals surface area contributed by atoms with Gasteiger partial charge >= 0.3 is 0 Å². The molecular weight excluding hydrogens is 200 g/mol. The van der Waals surface area contributed by atoms with Crippen molar-refractivity contribution < 1.29 is 4.79 Å². The van der Waals surface area contributed by atoms with Crippen molar-refractivity contribution in [2.24, 2.45) is 5.92 Å². The van der Waals surface area contributed by atoms with E-state index in [1.807, 2.05) is 6.92 Å². The summed E-state index contributed by atoms with van der Waals surface area (Å²) in [4.78, 5) is 12.1. The fourth-order valence-electron chi connectivity index (χ4n) is 2.69. The molecule has 3 nitrogen and oxygen atoms in total. The molecule has 2 fully saturated rings. The second kappa shape index (κ2) is 4.74. The molecule has 2 aliphatic rings. The van der Waals surface area contributed by atoms with Crippen LogP contribution < -0.4 is 10.6 Å². The molecule has 1 heterocycles. The minimum absolute atomic E-state index is 0.218. The van der Waals surface area contributed by atoms with Crippen LogP contribution in [0, 0.1) is 5.92 Å². The molecule has 0 bridgehead atoms. The summed E-state index contributed by atoms with van der Waals surface area (Å²) in [7, 11) is 0. The lowest BCUT2D eigenvalue weighted by Crippen LogP contribution is -2.57. The summed E-state index contributed by atoms with van der Waals surface area (Å²) in [5, 5.41) is 6.56. The largest absolute Gasteiger partial charge is 0.351 e. The van der Waals surface area contributed by atoms with Crippen molar-refractivity contribution in [1.82, 2.24) is 10.6 Å². The highest BCUT2D eigenvalue weighted by molar-refractivity contribution is 5.86. The van der Waals surface area contributed by atoms with E-state index < -0.39 is 0 Å². The number of carbonyl (C=O) groups excluding carboxylic acids is 1. The molecule has 0 aromatic rings. The van der Waals surface area contributed by atoms with Gasteiger partial charge in [0, 0.05) is 6.04 Å². The molecule has 3 unspecified atom stereocenters. The third-order valence-corrected chi connectivity index (χ3v) is 4.02. The van der Waals surface area contributed by atoms with E-state index in [1.54, 1.807) is 0 Å². The molecule has 1 saturated carbocycles. The van der Waals surface area contributed by atoms with Gasteiger partial charge in [-0.15, -0.1) is 0 Å². The Bertz CT molecular complexity index is 259. The smallest absolute Gasteiger partial charge is 0.240 e. The molecule has 16 heavy (non-hydrogen) atoms. The molecular formula is C13H24N2O. The maximum atomic E-state index is 12.1. The molecule has 0 radical (unpaired) electrons. The molecule has 1 amide bonds. The van der Waals surface area contributed by atoms with Crippen LogP contribution in [0.3, 0.4) is 0 Å². The van der Waals surface area contributed by atoms with Crippen LogP contribution in [-0.4, -0.2) is 24.0 Å². The van der Waals surface area contributed by atoms with Gasteiger partial charge < -0.3 is 10.6 Å². The number of nitrogens with one attached hydrogen (secondary N) is 2. The van der Waals surface area contributed by atoms with Gasteiger partial charge in [0.2, 0.25) is 5.91 Å². The van der Waals surface area contributed by atoms with Gasteiger partial charge in [0.15, 0.2) is 0 Å². The Labute approximate surface area is 98.4 Å². The van der Waals surface area contributed by atoms with Crippen molar-refractivity contribution in [3.8, 4) is 0 Å². The van der Waals surface area contributed by atoms with Gasteiger partial charge in [-0.3, -0.25) is 4.79 Å². The van der Waals surface area contributed by atoms with E-state index >= 15 is 0 Å². The van der Waals surface area contributed by atoms with Gasteiger partial charge in [0.1, 0.15) is 0 Å². The van der Waals surface area contributed by atoms with E-state index in [-0.39, 0.29) is 11.4 Å². The summed E-state index contributed by atoms with van der Waals surface area (Å²) in [6.45, 7) is 5.23. The van der Waals surface area contributed by atoms with Gasteiger partial charge in [0.05, 0.1) is 5.54 Å². The molecule has 2 rings (SSSR count). The summed E-state index contributed by atoms with van der Waals surface area (Å²) in [6, 6.07) is 0.466. The summed E-state index contributed by atoms with van der Waals surface area (Å²) < 4.78 is 0. The minimum Gasteiger partial charge on any atom is -0.351 e. The monoisotopic (exact) mass is 224 g/mol. The predicted molar refractivity (Wildman–Crippen MR) is 65.2 cm³/mol. The Balaban J connectivity index is 1.79. The standard InChI is InChI=1S/C13H24N2O/c1-3-6-10-9-11(10)15-12(16)13(2)7-4-5-8-14-13/h10-11,14H,3-9H2,1-2H3,(H,15,16). The lowest BCUT2D eigenvalue weighted by molar-refractivity contribution is -0.128. The zero-order chi connectivity index (χ0) is 11.6. The Morgan fingerprint density at radius 3 is 2.94 bits per heavy atom. The summed E-state index contributed by atoms with van der Waals surface area (Å²) in [5.74, 6) is 0.969. The molecule has 1 aliphatic heterocycles. The molecule has 3 heteroatoms. The second-order valence-electron chi connectivity index (χ2n) is 5.58. The van der Waals surface area contributed by atoms with Gasteiger partial charge in [-0.05, 0) is 51.5 Å². The van der Waals surface area contributed by atoms with Crippen molar-refractivity contribution in [2.75, 3.05) is 6.54 Å². The highest BCUT2D eigenvalue weighted by Gasteiger charge is 2.41. The third-order valence-electron chi connectivity index (χ3n) is 4.02. The van der Waals surface area contributed by atoms with Crippen LogP contribution in [0.5, 0.6) is 0 Å². The van der Waals surface area contributed by atoms with E-state index in [0.717, 1.165) is 18.9 Å². The van der Waals surface area contributed by atoms with Crippen molar-refractivity contribution >= 4 is 5.91 Å². The first-order valence-corrected chi connectivity index (χ1v) is 6.72. The maximum Gasteiger partial charge on any atom is 0.240 e. The molecule has 0 aromatic heterocycles. The van der Waals surface area contributed by atoms with Crippen LogP contribution in [-0.2, 0) is 4.79 Å². The topological polar surface area (TPSA) is 41.1 Å². The normalized spacial score (nSPS) is 38.1. The molecule has 2 N–H and O–H groups in total. The van der Waals surface area contributed by atoms with Crippen LogP contribution in [0.15, 0.2) is 0 Å². The van der Waals surface area contributed by atoms with Crippen LogP contribution in [0.1, 0.15) is 52.4 Å². The summed E-state index contributed by atoms with van der Waals surface area (Å²) >= 11 is 0. The average Bonchev–Trinajstić information content (AvgIpc) is 2.98. The third kappa shape index (κ3) is 2.57. The first-order valence-electron chi connectivity index (χ1n) is 6.72. The van der Waals surface area contributed by atoms with Gasteiger partial charge in [0.25, 0.3) is 0 Å². The lowest BCUT2D eigenvalue weighted by Gasteiger charge is -2.33. The molecule has 0 spiro atoms. The number of hydrogen-bond donors (Lipinski definition) is 2. The number of carbonyl (C=O) groups is 1. The van der Waals surface area contributed by atoms with Gasteiger partial charge in [-0.25, -0.2) is 0 Å². The zero-order valence-electron chi connectivity index (χ0n) is 10.5. The molecule has 1 saturated heterocycles.